The molecule has 0 radical (unpaired) electrons. The molecule has 3 rings (SSSR count). The van der Waals surface area contributed by atoms with E-state index in [0.717, 1.165) is 10.5 Å². The van der Waals surface area contributed by atoms with E-state index in [1.807, 2.05) is 18.2 Å². The van der Waals surface area contributed by atoms with Gasteiger partial charge in [-0.2, -0.15) is 0 Å². The Morgan fingerprint density at radius 2 is 2.00 bits per heavy atom. The molecule has 2 N–H and O–H groups in total. The van der Waals surface area contributed by atoms with E-state index in [4.69, 9.17) is 16.7 Å². The largest absolute Gasteiger partial charge is 0.396 e. The van der Waals surface area contributed by atoms with Crippen molar-refractivity contribution in [2.45, 2.75) is 19.0 Å². The van der Waals surface area contributed by atoms with Crippen LogP contribution >= 0.6 is 11.6 Å². The van der Waals surface area contributed by atoms with Gasteiger partial charge in [-0.05, 0) is 6.07 Å². The third kappa shape index (κ3) is 3.17. The van der Waals surface area contributed by atoms with Crippen molar-refractivity contribution in [3.63, 3.8) is 0 Å². The van der Waals surface area contributed by atoms with Crippen molar-refractivity contribution in [2.24, 2.45) is 4.99 Å². The summed E-state index contributed by atoms with van der Waals surface area (Å²) >= 11 is 6.28. The summed E-state index contributed by atoms with van der Waals surface area (Å²) in [5.41, 5.74) is 0.849. The van der Waals surface area contributed by atoms with Gasteiger partial charge >= 0.3 is 12.0 Å². The molecule has 9 heteroatoms. The Balaban J connectivity index is 1.98. The summed E-state index contributed by atoms with van der Waals surface area (Å²) < 4.78 is 1.80. The lowest BCUT2D eigenvalue weighted by molar-refractivity contribution is -0.553. The average Bonchev–Trinajstić information content (AvgIpc) is 2.99. The number of hydrogen-bond donors (Lipinski definition) is 2. The highest BCUT2D eigenvalue weighted by Crippen LogP contribution is 2.22. The monoisotopic (exact) mass is 378 g/mol. The standard InChI is InChI=1S/C17H20ClN5O3/c1-21-14-13(15(25)22(2)17(21)26)23(16(20-14)19-8-5-9-24)10-11-6-3-4-7-12(11)18/h3-4,6-7,13,24H,5,8-10H2,1-2H3/p+1. The van der Waals surface area contributed by atoms with Gasteiger partial charge in [-0.3, -0.25) is 19.9 Å². The molecule has 1 aromatic carbocycles. The van der Waals surface area contributed by atoms with Crippen LogP contribution in [0.2, 0.25) is 5.02 Å². The van der Waals surface area contributed by atoms with Crippen molar-refractivity contribution < 1.29 is 19.3 Å². The van der Waals surface area contributed by atoms with Crippen molar-refractivity contribution in [3.05, 3.63) is 34.9 Å². The molecule has 138 valence electrons. The highest BCUT2D eigenvalue weighted by Gasteiger charge is 2.51. The Hall–Kier alpha value is -2.45. The zero-order valence-corrected chi connectivity index (χ0v) is 15.4. The maximum atomic E-state index is 12.8. The molecule has 2 aliphatic heterocycles. The Kier molecular flexibility index (Phi) is 5.24. The Labute approximate surface area is 156 Å². The van der Waals surface area contributed by atoms with Gasteiger partial charge in [-0.25, -0.2) is 9.37 Å². The summed E-state index contributed by atoms with van der Waals surface area (Å²) in [5, 5.41) is 12.7. The van der Waals surface area contributed by atoms with E-state index in [9.17, 15) is 9.59 Å². The molecule has 1 saturated heterocycles. The van der Waals surface area contributed by atoms with Crippen molar-refractivity contribution >= 4 is 35.3 Å². The molecule has 1 unspecified atom stereocenters. The van der Waals surface area contributed by atoms with E-state index < -0.39 is 12.1 Å². The number of aliphatic hydroxyl groups is 1. The number of urea groups is 1. The fraction of sp³-hybridized carbons (Fsp3) is 0.412. The van der Waals surface area contributed by atoms with Crippen LogP contribution in [0.1, 0.15) is 12.0 Å². The number of carbonyl (C=O) groups excluding carboxylic acids is 2. The van der Waals surface area contributed by atoms with Crippen molar-refractivity contribution in [3.8, 4) is 0 Å². The molecule has 0 aliphatic carbocycles. The highest BCUT2D eigenvalue weighted by molar-refractivity contribution is 6.31. The van der Waals surface area contributed by atoms with Crippen LogP contribution in [0.5, 0.6) is 0 Å². The number of amidine groups is 1. The van der Waals surface area contributed by atoms with Crippen LogP contribution < -0.4 is 5.32 Å². The smallest absolute Gasteiger partial charge is 0.390 e. The van der Waals surface area contributed by atoms with Crippen molar-refractivity contribution in [2.75, 3.05) is 27.2 Å². The maximum Gasteiger partial charge on any atom is 0.390 e. The molecular formula is C17H21ClN5O3+. The van der Waals surface area contributed by atoms with Gasteiger partial charge in [0.2, 0.25) is 11.9 Å². The van der Waals surface area contributed by atoms with E-state index in [1.165, 1.54) is 11.9 Å². The van der Waals surface area contributed by atoms with Gasteiger partial charge in [0.25, 0.3) is 5.91 Å². The van der Waals surface area contributed by atoms with E-state index in [1.54, 1.807) is 17.7 Å². The second-order valence-electron chi connectivity index (χ2n) is 6.16. The second-order valence-corrected chi connectivity index (χ2v) is 6.57. The number of aliphatic hydroxyl groups excluding tert-OH is 1. The number of nitrogens with one attached hydrogen (secondary N) is 1. The number of rotatable bonds is 5. The lowest BCUT2D eigenvalue weighted by atomic mass is 10.1. The number of amides is 3. The number of likely N-dealkylation sites (N-methyl/N-ethyl adjacent to an activating group) is 2. The number of guanidine groups is 1. The van der Waals surface area contributed by atoms with Crippen LogP contribution in [0.3, 0.4) is 0 Å². The van der Waals surface area contributed by atoms with Crippen LogP contribution in [-0.4, -0.2) is 76.5 Å². The van der Waals surface area contributed by atoms with E-state index >= 15 is 0 Å². The second kappa shape index (κ2) is 7.43. The number of imide groups is 1. The van der Waals surface area contributed by atoms with Gasteiger partial charge in [-0.1, -0.05) is 34.8 Å². The summed E-state index contributed by atoms with van der Waals surface area (Å²) in [5.74, 6) is 0.538. The normalized spacial score (nSPS) is 19.8. The highest BCUT2D eigenvalue weighted by atomic mass is 35.5. The zero-order valence-electron chi connectivity index (χ0n) is 14.6. The summed E-state index contributed by atoms with van der Waals surface area (Å²) in [6.45, 7) is 0.904. The SMILES string of the molecule is CN1C(=O)C2C(=NC(NCCCO)=[N+]2Cc2ccccc2Cl)N(C)C1=O. The van der Waals surface area contributed by atoms with E-state index in [0.29, 0.717) is 36.3 Å². The quantitative estimate of drug-likeness (QED) is 0.576. The molecule has 2 aliphatic rings. The minimum absolute atomic E-state index is 0.0465. The predicted octanol–water partition coefficient (Wildman–Crippen LogP) is 0.485. The first-order valence-electron chi connectivity index (χ1n) is 8.31. The number of aliphatic imine (C=N–C) groups is 1. The maximum absolute atomic E-state index is 12.8. The molecule has 1 fully saturated rings. The van der Waals surface area contributed by atoms with Crippen molar-refractivity contribution in [1.82, 2.24) is 15.1 Å². The zero-order chi connectivity index (χ0) is 18.8. The number of nitrogens with zero attached hydrogens (tertiary/aromatic N) is 4. The van der Waals surface area contributed by atoms with E-state index in [-0.39, 0.29) is 12.5 Å². The first-order chi connectivity index (χ1) is 12.5. The molecule has 2 heterocycles. The molecule has 0 aromatic heterocycles. The fourth-order valence-electron chi connectivity index (χ4n) is 3.00. The van der Waals surface area contributed by atoms with Crippen LogP contribution in [-0.2, 0) is 11.3 Å². The first kappa shape index (κ1) is 18.3. The number of carbonyl (C=O) groups is 2. The van der Waals surface area contributed by atoms with Crippen LogP contribution in [0.25, 0.3) is 0 Å². The molecule has 3 amide bonds. The lowest BCUT2D eigenvalue weighted by Gasteiger charge is -2.31. The number of fused-ring (bicyclic) bond motifs is 1. The lowest BCUT2D eigenvalue weighted by Crippen LogP contribution is -2.61. The van der Waals surface area contributed by atoms with Gasteiger partial charge in [0, 0.05) is 37.7 Å². The summed E-state index contributed by atoms with van der Waals surface area (Å²) in [7, 11) is 3.06. The predicted molar refractivity (Wildman–Crippen MR) is 97.3 cm³/mol. The topological polar surface area (TPSA) is 88.2 Å². The molecule has 1 atom stereocenters. The molecule has 0 bridgehead atoms. The molecule has 0 spiro atoms. The molecular weight excluding hydrogens is 358 g/mol. The van der Waals surface area contributed by atoms with Gasteiger partial charge in [0.1, 0.15) is 0 Å². The molecule has 0 saturated carbocycles. The molecule has 8 nitrogen and oxygen atoms in total. The third-order valence-corrected chi connectivity index (χ3v) is 4.82. The minimum Gasteiger partial charge on any atom is -0.396 e. The number of benzene rings is 1. The van der Waals surface area contributed by atoms with Crippen LogP contribution in [0.4, 0.5) is 4.79 Å². The number of hydrogen-bond acceptors (Lipinski definition) is 5. The van der Waals surface area contributed by atoms with Gasteiger partial charge in [0.15, 0.2) is 0 Å². The fourth-order valence-corrected chi connectivity index (χ4v) is 3.19. The van der Waals surface area contributed by atoms with E-state index in [2.05, 4.69) is 10.3 Å². The van der Waals surface area contributed by atoms with Crippen molar-refractivity contribution in [1.29, 1.82) is 0 Å². The summed E-state index contributed by atoms with van der Waals surface area (Å²) in [4.78, 5) is 31.9. The Morgan fingerprint density at radius 1 is 1.27 bits per heavy atom. The Morgan fingerprint density at radius 3 is 2.69 bits per heavy atom. The van der Waals surface area contributed by atoms with Gasteiger partial charge < -0.3 is 5.11 Å². The van der Waals surface area contributed by atoms with Gasteiger partial charge in [-0.15, -0.1) is 0 Å². The molecule has 1 aromatic rings. The first-order valence-corrected chi connectivity index (χ1v) is 8.69. The average molecular weight is 379 g/mol. The van der Waals surface area contributed by atoms with Crippen LogP contribution in [0, 0.1) is 0 Å². The molecule has 26 heavy (non-hydrogen) atoms. The summed E-state index contributed by atoms with van der Waals surface area (Å²) in [6, 6.07) is 6.28. The minimum atomic E-state index is -0.699. The van der Waals surface area contributed by atoms with Gasteiger partial charge in [0.05, 0.1) is 13.1 Å². The Bertz CT molecular complexity index is 807. The van der Waals surface area contributed by atoms with Crippen LogP contribution in [0.15, 0.2) is 29.3 Å². The summed E-state index contributed by atoms with van der Waals surface area (Å²) in [6.07, 6.45) is 0.543. The third-order valence-electron chi connectivity index (χ3n) is 4.45. The number of halogens is 1.